The summed E-state index contributed by atoms with van der Waals surface area (Å²) in [6, 6.07) is 12.8. The Kier molecular flexibility index (Phi) is 6.11. The predicted octanol–water partition coefficient (Wildman–Crippen LogP) is 2.58. The molecule has 0 saturated carbocycles. The summed E-state index contributed by atoms with van der Waals surface area (Å²) < 4.78 is 9.34. The van der Waals surface area contributed by atoms with Crippen molar-refractivity contribution in [3.8, 4) is 0 Å². The number of carbonyl (C=O) groups is 3. The Bertz CT molecular complexity index is 789. The van der Waals surface area contributed by atoms with Gasteiger partial charge >= 0.3 is 18.0 Å². The second-order valence-corrected chi connectivity index (χ2v) is 5.04. The van der Waals surface area contributed by atoms with Crippen molar-refractivity contribution in [3.63, 3.8) is 0 Å². The predicted molar refractivity (Wildman–Crippen MR) is 91.4 cm³/mol. The first-order valence-corrected chi connectivity index (χ1v) is 7.44. The lowest BCUT2D eigenvalue weighted by atomic mass is 10.1. The summed E-state index contributed by atoms with van der Waals surface area (Å²) >= 11 is 0. The highest BCUT2D eigenvalue weighted by atomic mass is 16.5. The van der Waals surface area contributed by atoms with E-state index in [1.807, 2.05) is 0 Å². The average molecular weight is 342 g/mol. The van der Waals surface area contributed by atoms with E-state index in [1.54, 1.807) is 48.5 Å². The van der Waals surface area contributed by atoms with Crippen molar-refractivity contribution in [1.82, 2.24) is 5.32 Å². The van der Waals surface area contributed by atoms with Crippen LogP contribution in [0, 0.1) is 0 Å². The van der Waals surface area contributed by atoms with E-state index in [0.29, 0.717) is 11.3 Å². The van der Waals surface area contributed by atoms with Crippen LogP contribution in [-0.4, -0.2) is 32.2 Å². The van der Waals surface area contributed by atoms with Gasteiger partial charge in [-0.1, -0.05) is 24.3 Å². The summed E-state index contributed by atoms with van der Waals surface area (Å²) in [5.41, 5.74) is 1.74. The molecule has 25 heavy (non-hydrogen) atoms. The molecule has 0 fully saturated rings. The van der Waals surface area contributed by atoms with Crippen LogP contribution in [0.3, 0.4) is 0 Å². The summed E-state index contributed by atoms with van der Waals surface area (Å²) in [5.74, 6) is -0.986. The van der Waals surface area contributed by atoms with Gasteiger partial charge < -0.3 is 20.1 Å². The zero-order chi connectivity index (χ0) is 18.2. The number of amides is 2. The maximum atomic E-state index is 12.1. The number of para-hydroxylation sites is 1. The zero-order valence-electron chi connectivity index (χ0n) is 13.9. The number of hydrogen-bond donors (Lipinski definition) is 2. The molecule has 0 radical (unpaired) electrons. The summed E-state index contributed by atoms with van der Waals surface area (Å²) in [7, 11) is 2.58. The van der Waals surface area contributed by atoms with Crippen molar-refractivity contribution in [3.05, 3.63) is 65.2 Å². The van der Waals surface area contributed by atoms with Crippen molar-refractivity contribution < 1.29 is 23.9 Å². The Hall–Kier alpha value is -3.35. The monoisotopic (exact) mass is 342 g/mol. The second kappa shape index (κ2) is 8.49. The molecule has 7 heteroatoms. The number of ether oxygens (including phenoxy) is 2. The van der Waals surface area contributed by atoms with Gasteiger partial charge in [-0.25, -0.2) is 14.4 Å². The lowest BCUT2D eigenvalue weighted by molar-refractivity contribution is 0.0592. The molecule has 2 amide bonds. The largest absolute Gasteiger partial charge is 0.465 e. The minimum absolute atomic E-state index is 0.205. The molecule has 0 saturated heterocycles. The van der Waals surface area contributed by atoms with Gasteiger partial charge in [-0.15, -0.1) is 0 Å². The fourth-order valence-electron chi connectivity index (χ4n) is 2.16. The van der Waals surface area contributed by atoms with Crippen molar-refractivity contribution in [2.24, 2.45) is 0 Å². The van der Waals surface area contributed by atoms with Gasteiger partial charge in [-0.2, -0.15) is 0 Å². The quantitative estimate of drug-likeness (QED) is 0.815. The number of anilines is 1. The van der Waals surface area contributed by atoms with E-state index in [0.717, 1.165) is 5.56 Å². The van der Waals surface area contributed by atoms with Crippen molar-refractivity contribution in [2.45, 2.75) is 6.54 Å². The smallest absolute Gasteiger partial charge is 0.339 e. The Labute approximate surface area is 144 Å². The summed E-state index contributed by atoms with van der Waals surface area (Å²) in [6.45, 7) is 0.205. The van der Waals surface area contributed by atoms with Gasteiger partial charge in [0.2, 0.25) is 0 Å². The third-order valence-corrected chi connectivity index (χ3v) is 3.38. The molecule has 0 heterocycles. The van der Waals surface area contributed by atoms with Crippen LogP contribution < -0.4 is 10.6 Å². The van der Waals surface area contributed by atoms with Crippen molar-refractivity contribution >= 4 is 23.7 Å². The van der Waals surface area contributed by atoms with Gasteiger partial charge in [0.1, 0.15) is 0 Å². The summed E-state index contributed by atoms with van der Waals surface area (Å²) in [5, 5.41) is 5.26. The number of methoxy groups -OCH3 is 2. The van der Waals surface area contributed by atoms with Crippen LogP contribution >= 0.6 is 0 Å². The Morgan fingerprint density at radius 2 is 1.64 bits per heavy atom. The molecule has 2 aromatic rings. The molecule has 0 unspecified atom stereocenters. The number of hydrogen-bond acceptors (Lipinski definition) is 5. The van der Waals surface area contributed by atoms with Crippen LogP contribution in [0.15, 0.2) is 48.5 Å². The summed E-state index contributed by atoms with van der Waals surface area (Å²) in [4.78, 5) is 35.3. The Balaban J connectivity index is 2.00. The molecule has 7 nitrogen and oxygen atoms in total. The molecular formula is C18H18N2O5. The fraction of sp³-hybridized carbons (Fsp3) is 0.167. The average Bonchev–Trinajstić information content (AvgIpc) is 2.65. The highest BCUT2D eigenvalue weighted by Crippen LogP contribution is 2.16. The third-order valence-electron chi connectivity index (χ3n) is 3.38. The van der Waals surface area contributed by atoms with Crippen LogP contribution in [0.5, 0.6) is 0 Å². The van der Waals surface area contributed by atoms with Gasteiger partial charge in [-0.3, -0.25) is 0 Å². The zero-order valence-corrected chi connectivity index (χ0v) is 13.9. The van der Waals surface area contributed by atoms with Gasteiger partial charge in [0.25, 0.3) is 0 Å². The first-order valence-electron chi connectivity index (χ1n) is 7.44. The third kappa shape index (κ3) is 4.81. The number of carbonyl (C=O) groups excluding carboxylic acids is 3. The van der Waals surface area contributed by atoms with E-state index in [4.69, 9.17) is 0 Å². The molecule has 0 aromatic heterocycles. The molecule has 2 rings (SSSR count). The lowest BCUT2D eigenvalue weighted by Crippen LogP contribution is -2.29. The van der Waals surface area contributed by atoms with E-state index in [2.05, 4.69) is 20.1 Å². The second-order valence-electron chi connectivity index (χ2n) is 5.04. The maximum Gasteiger partial charge on any atom is 0.339 e. The first-order chi connectivity index (χ1) is 12.0. The van der Waals surface area contributed by atoms with Crippen LogP contribution in [0.4, 0.5) is 10.5 Å². The standard InChI is InChI=1S/C18H18N2O5/c1-24-16(21)13-7-5-6-12(10-13)11-19-18(23)20-15-9-4-3-8-14(15)17(22)25-2/h3-10H,11H2,1-2H3,(H2,19,20,23). The molecule has 0 aliphatic carbocycles. The van der Waals surface area contributed by atoms with Crippen LogP contribution in [0.2, 0.25) is 0 Å². The normalized spacial score (nSPS) is 9.84. The van der Waals surface area contributed by atoms with Gasteiger partial charge in [-0.05, 0) is 29.8 Å². The lowest BCUT2D eigenvalue weighted by Gasteiger charge is -2.11. The number of esters is 2. The SMILES string of the molecule is COC(=O)c1cccc(CNC(=O)Nc2ccccc2C(=O)OC)c1. The van der Waals surface area contributed by atoms with E-state index in [9.17, 15) is 14.4 Å². The van der Waals surface area contributed by atoms with Gasteiger partial charge in [0.15, 0.2) is 0 Å². The van der Waals surface area contributed by atoms with E-state index < -0.39 is 18.0 Å². The molecule has 130 valence electrons. The van der Waals surface area contributed by atoms with Crippen LogP contribution in [0.1, 0.15) is 26.3 Å². The van der Waals surface area contributed by atoms with Gasteiger partial charge in [0.05, 0.1) is 31.0 Å². The highest BCUT2D eigenvalue weighted by Gasteiger charge is 2.13. The van der Waals surface area contributed by atoms with Crippen molar-refractivity contribution in [2.75, 3.05) is 19.5 Å². The van der Waals surface area contributed by atoms with Gasteiger partial charge in [0, 0.05) is 6.54 Å². The molecule has 0 atom stereocenters. The summed E-state index contributed by atoms with van der Waals surface area (Å²) in [6.07, 6.45) is 0. The number of benzene rings is 2. The molecule has 2 aromatic carbocycles. The fourth-order valence-corrected chi connectivity index (χ4v) is 2.16. The maximum absolute atomic E-state index is 12.1. The minimum atomic E-state index is -0.540. The molecule has 0 spiro atoms. The molecule has 0 bridgehead atoms. The number of urea groups is 1. The molecule has 0 aliphatic rings. The van der Waals surface area contributed by atoms with Crippen molar-refractivity contribution in [1.29, 1.82) is 0 Å². The topological polar surface area (TPSA) is 93.7 Å². The van der Waals surface area contributed by atoms with E-state index in [1.165, 1.54) is 14.2 Å². The van der Waals surface area contributed by atoms with Crippen LogP contribution in [-0.2, 0) is 16.0 Å². The number of rotatable bonds is 5. The molecular weight excluding hydrogens is 324 g/mol. The molecule has 2 N–H and O–H groups in total. The minimum Gasteiger partial charge on any atom is -0.465 e. The number of nitrogens with one attached hydrogen (secondary N) is 2. The Morgan fingerprint density at radius 1 is 0.920 bits per heavy atom. The molecule has 0 aliphatic heterocycles. The van der Waals surface area contributed by atoms with Crippen LogP contribution in [0.25, 0.3) is 0 Å². The van der Waals surface area contributed by atoms with E-state index >= 15 is 0 Å². The first kappa shape index (κ1) is 18.0. The van der Waals surface area contributed by atoms with E-state index in [-0.39, 0.29) is 12.1 Å². The highest BCUT2D eigenvalue weighted by molar-refractivity contribution is 6.00. The Morgan fingerprint density at radius 3 is 2.36 bits per heavy atom.